The summed E-state index contributed by atoms with van der Waals surface area (Å²) < 4.78 is 0. The summed E-state index contributed by atoms with van der Waals surface area (Å²) in [6.45, 7) is 11.2. The van der Waals surface area contributed by atoms with Crippen molar-refractivity contribution in [3.05, 3.63) is 0 Å². The first-order chi connectivity index (χ1) is 7.38. The van der Waals surface area contributed by atoms with E-state index >= 15 is 0 Å². The van der Waals surface area contributed by atoms with Gasteiger partial charge in [-0.3, -0.25) is 0 Å². The molecule has 1 aliphatic heterocycles. The van der Waals surface area contributed by atoms with Crippen LogP contribution >= 0.6 is 0 Å². The highest BCUT2D eigenvalue weighted by Crippen LogP contribution is 2.41. The fraction of sp³-hybridized carbons (Fsp3) is 1.00. The van der Waals surface area contributed by atoms with Crippen molar-refractivity contribution in [3.8, 4) is 0 Å². The minimum Gasteiger partial charge on any atom is -0.389 e. The van der Waals surface area contributed by atoms with E-state index in [0.29, 0.717) is 12.6 Å². The number of piperidine rings is 1. The number of nitrogens with two attached hydrogens (primary N) is 1. The van der Waals surface area contributed by atoms with Crippen LogP contribution in [0.2, 0.25) is 0 Å². The predicted octanol–water partition coefficient (Wildman–Crippen LogP) is 1.60. The summed E-state index contributed by atoms with van der Waals surface area (Å²) >= 11 is 0. The van der Waals surface area contributed by atoms with Gasteiger partial charge in [-0.1, -0.05) is 13.8 Å². The zero-order chi connectivity index (χ0) is 12.4. The molecule has 3 heteroatoms. The van der Waals surface area contributed by atoms with E-state index in [1.165, 1.54) is 0 Å². The summed E-state index contributed by atoms with van der Waals surface area (Å²) in [5.74, 6) is 0. The maximum atomic E-state index is 10.8. The van der Waals surface area contributed by atoms with Crippen molar-refractivity contribution in [2.24, 2.45) is 11.1 Å². The minimum atomic E-state index is -0.568. The molecule has 1 atom stereocenters. The second-order valence-corrected chi connectivity index (χ2v) is 5.78. The first-order valence-corrected chi connectivity index (χ1v) is 6.55. The van der Waals surface area contributed by atoms with Crippen LogP contribution in [0.25, 0.3) is 0 Å². The summed E-state index contributed by atoms with van der Waals surface area (Å²) in [5.41, 5.74) is 5.16. The Balaban J connectivity index is 2.69. The molecule has 3 nitrogen and oxygen atoms in total. The molecular formula is C13H28N2O. The van der Waals surface area contributed by atoms with Crippen LogP contribution in [0.15, 0.2) is 0 Å². The van der Waals surface area contributed by atoms with Crippen LogP contribution in [0.3, 0.4) is 0 Å². The average molecular weight is 228 g/mol. The highest BCUT2D eigenvalue weighted by Gasteiger charge is 2.46. The smallest absolute Gasteiger partial charge is 0.0737 e. The Kier molecular flexibility index (Phi) is 4.38. The summed E-state index contributed by atoms with van der Waals surface area (Å²) in [5, 5.41) is 10.8. The first-order valence-electron chi connectivity index (χ1n) is 6.55. The zero-order valence-electron chi connectivity index (χ0n) is 11.3. The molecule has 16 heavy (non-hydrogen) atoms. The quantitative estimate of drug-likeness (QED) is 0.768. The summed E-state index contributed by atoms with van der Waals surface area (Å²) in [7, 11) is 0. The second-order valence-electron chi connectivity index (χ2n) is 5.78. The number of nitrogens with zero attached hydrogens (tertiary/aromatic N) is 1. The van der Waals surface area contributed by atoms with E-state index in [4.69, 9.17) is 5.73 Å². The molecule has 0 aromatic heterocycles. The fourth-order valence-electron chi connectivity index (χ4n) is 2.68. The van der Waals surface area contributed by atoms with E-state index in [1.54, 1.807) is 0 Å². The molecule has 0 spiro atoms. The SMILES string of the molecule is CCC(C)(CN)C1(O)CCN(C(C)C)CC1. The van der Waals surface area contributed by atoms with Crippen LogP contribution in [0, 0.1) is 5.41 Å². The molecule has 0 saturated carbocycles. The van der Waals surface area contributed by atoms with Crippen LogP contribution in [0.1, 0.15) is 47.0 Å². The Morgan fingerprint density at radius 2 is 1.88 bits per heavy atom. The van der Waals surface area contributed by atoms with E-state index in [0.717, 1.165) is 32.4 Å². The van der Waals surface area contributed by atoms with Crippen LogP contribution < -0.4 is 5.73 Å². The predicted molar refractivity (Wildman–Crippen MR) is 68.3 cm³/mol. The van der Waals surface area contributed by atoms with Gasteiger partial charge in [-0.15, -0.1) is 0 Å². The maximum Gasteiger partial charge on any atom is 0.0737 e. The van der Waals surface area contributed by atoms with Crippen LogP contribution in [0.4, 0.5) is 0 Å². The van der Waals surface area contributed by atoms with Crippen LogP contribution in [-0.4, -0.2) is 41.3 Å². The van der Waals surface area contributed by atoms with Gasteiger partial charge in [-0.25, -0.2) is 0 Å². The third-order valence-electron chi connectivity index (χ3n) is 4.71. The first kappa shape index (κ1) is 13.9. The van der Waals surface area contributed by atoms with Gasteiger partial charge in [0.15, 0.2) is 0 Å². The Bertz CT molecular complexity index is 216. The third-order valence-corrected chi connectivity index (χ3v) is 4.71. The second kappa shape index (κ2) is 5.03. The molecule has 1 unspecified atom stereocenters. The lowest BCUT2D eigenvalue weighted by Crippen LogP contribution is -2.57. The van der Waals surface area contributed by atoms with E-state index < -0.39 is 5.60 Å². The van der Waals surface area contributed by atoms with Gasteiger partial charge in [0.25, 0.3) is 0 Å². The Hall–Kier alpha value is -0.120. The molecule has 1 fully saturated rings. The zero-order valence-corrected chi connectivity index (χ0v) is 11.3. The molecule has 1 heterocycles. The molecule has 1 saturated heterocycles. The molecule has 0 bridgehead atoms. The monoisotopic (exact) mass is 228 g/mol. The van der Waals surface area contributed by atoms with Crippen LogP contribution in [-0.2, 0) is 0 Å². The van der Waals surface area contributed by atoms with Crippen molar-refractivity contribution in [2.75, 3.05) is 19.6 Å². The van der Waals surface area contributed by atoms with Crippen molar-refractivity contribution in [2.45, 2.75) is 58.6 Å². The van der Waals surface area contributed by atoms with Crippen molar-refractivity contribution >= 4 is 0 Å². The minimum absolute atomic E-state index is 0.129. The van der Waals surface area contributed by atoms with Gasteiger partial charge in [0, 0.05) is 31.1 Å². The highest BCUT2D eigenvalue weighted by atomic mass is 16.3. The van der Waals surface area contributed by atoms with Gasteiger partial charge >= 0.3 is 0 Å². The van der Waals surface area contributed by atoms with Gasteiger partial charge in [0.05, 0.1) is 5.60 Å². The molecule has 0 amide bonds. The molecule has 3 N–H and O–H groups in total. The van der Waals surface area contributed by atoms with Gasteiger partial charge in [0.1, 0.15) is 0 Å². The summed E-state index contributed by atoms with van der Waals surface area (Å²) in [6.07, 6.45) is 2.65. The highest BCUT2D eigenvalue weighted by molar-refractivity contribution is 4.99. The summed E-state index contributed by atoms with van der Waals surface area (Å²) in [4.78, 5) is 2.43. The molecule has 0 aromatic carbocycles. The largest absolute Gasteiger partial charge is 0.389 e. The Labute approximate surface area is 100 Å². The topological polar surface area (TPSA) is 49.5 Å². The normalized spacial score (nSPS) is 25.7. The van der Waals surface area contributed by atoms with Gasteiger partial charge in [-0.05, 0) is 33.1 Å². The third kappa shape index (κ3) is 2.41. The molecule has 96 valence electrons. The van der Waals surface area contributed by atoms with E-state index in [-0.39, 0.29) is 5.41 Å². The number of hydrogen-bond acceptors (Lipinski definition) is 3. The molecule has 0 radical (unpaired) electrons. The Morgan fingerprint density at radius 3 is 2.19 bits per heavy atom. The number of hydrogen-bond donors (Lipinski definition) is 2. The molecule has 1 rings (SSSR count). The van der Waals surface area contributed by atoms with Gasteiger partial charge in [-0.2, -0.15) is 0 Å². The van der Waals surface area contributed by atoms with Gasteiger partial charge in [0.2, 0.25) is 0 Å². The van der Waals surface area contributed by atoms with Gasteiger partial charge < -0.3 is 15.7 Å². The fourth-order valence-corrected chi connectivity index (χ4v) is 2.68. The average Bonchev–Trinajstić information content (AvgIpc) is 2.28. The molecule has 1 aliphatic rings. The number of likely N-dealkylation sites (tertiary alicyclic amines) is 1. The Morgan fingerprint density at radius 1 is 1.38 bits per heavy atom. The maximum absolute atomic E-state index is 10.8. The van der Waals surface area contributed by atoms with Crippen molar-refractivity contribution in [1.29, 1.82) is 0 Å². The van der Waals surface area contributed by atoms with E-state index in [2.05, 4.69) is 32.6 Å². The lowest BCUT2D eigenvalue weighted by atomic mass is 9.66. The molecule has 0 aliphatic carbocycles. The van der Waals surface area contributed by atoms with Crippen molar-refractivity contribution < 1.29 is 5.11 Å². The van der Waals surface area contributed by atoms with Crippen LogP contribution in [0.5, 0.6) is 0 Å². The van der Waals surface area contributed by atoms with E-state index in [1.807, 2.05) is 0 Å². The lowest BCUT2D eigenvalue weighted by Gasteiger charge is -2.49. The summed E-state index contributed by atoms with van der Waals surface area (Å²) in [6, 6.07) is 0.579. The lowest BCUT2D eigenvalue weighted by molar-refractivity contribution is -0.115. The number of aliphatic hydroxyl groups is 1. The van der Waals surface area contributed by atoms with Crippen molar-refractivity contribution in [1.82, 2.24) is 4.90 Å². The number of rotatable bonds is 4. The molecular weight excluding hydrogens is 200 g/mol. The van der Waals surface area contributed by atoms with E-state index in [9.17, 15) is 5.11 Å². The molecule has 0 aromatic rings. The van der Waals surface area contributed by atoms with Crippen molar-refractivity contribution in [3.63, 3.8) is 0 Å². The standard InChI is InChI=1S/C13H28N2O/c1-5-12(4,10-14)13(16)6-8-15(9-7-13)11(2)3/h11,16H,5-10,14H2,1-4H3.